The lowest BCUT2D eigenvalue weighted by Crippen LogP contribution is -2.11. The fourth-order valence-electron chi connectivity index (χ4n) is 1.22. The molecule has 0 radical (unpaired) electrons. The highest BCUT2D eigenvalue weighted by molar-refractivity contribution is 14.1. The average molecular weight is 379 g/mol. The number of amides is 1. The SMILES string of the molecule is O=C(Nc1nc(CCl)cs1)c1cccc(I)c1. The molecule has 0 fully saturated rings. The van der Waals surface area contributed by atoms with Crippen LogP contribution >= 0.6 is 45.5 Å². The van der Waals surface area contributed by atoms with Gasteiger partial charge < -0.3 is 0 Å². The molecule has 1 heterocycles. The number of carbonyl (C=O) groups is 1. The first-order valence-corrected chi connectivity index (χ1v) is 7.25. The van der Waals surface area contributed by atoms with Gasteiger partial charge in [-0.2, -0.15) is 0 Å². The third-order valence-electron chi connectivity index (χ3n) is 2.00. The molecule has 0 atom stereocenters. The number of thiazole rings is 1. The molecule has 0 saturated heterocycles. The van der Waals surface area contributed by atoms with Crippen molar-refractivity contribution in [2.45, 2.75) is 5.88 Å². The molecule has 1 aromatic carbocycles. The van der Waals surface area contributed by atoms with Gasteiger partial charge in [-0.1, -0.05) is 6.07 Å². The zero-order valence-corrected chi connectivity index (χ0v) is 12.3. The van der Waals surface area contributed by atoms with Crippen LogP contribution in [0, 0.1) is 3.57 Å². The number of carbonyl (C=O) groups excluding carboxylic acids is 1. The molecule has 0 unspecified atom stereocenters. The first-order valence-electron chi connectivity index (χ1n) is 4.76. The maximum Gasteiger partial charge on any atom is 0.257 e. The highest BCUT2D eigenvalue weighted by Gasteiger charge is 2.08. The van der Waals surface area contributed by atoms with Crippen molar-refractivity contribution in [2.75, 3.05) is 5.32 Å². The van der Waals surface area contributed by atoms with Gasteiger partial charge in [0, 0.05) is 14.5 Å². The molecule has 0 aliphatic carbocycles. The van der Waals surface area contributed by atoms with Crippen LogP contribution in [0.1, 0.15) is 16.1 Å². The molecule has 0 bridgehead atoms. The second kappa shape index (κ2) is 5.79. The van der Waals surface area contributed by atoms with E-state index < -0.39 is 0 Å². The quantitative estimate of drug-likeness (QED) is 0.653. The maximum atomic E-state index is 11.9. The van der Waals surface area contributed by atoms with Crippen molar-refractivity contribution in [3.05, 3.63) is 44.5 Å². The van der Waals surface area contributed by atoms with Gasteiger partial charge in [0.05, 0.1) is 11.6 Å². The molecule has 3 nitrogen and oxygen atoms in total. The minimum absolute atomic E-state index is 0.154. The smallest absolute Gasteiger partial charge is 0.257 e. The van der Waals surface area contributed by atoms with Gasteiger partial charge in [-0.15, -0.1) is 22.9 Å². The summed E-state index contributed by atoms with van der Waals surface area (Å²) in [7, 11) is 0. The predicted octanol–water partition coefficient (Wildman–Crippen LogP) is 3.74. The number of aromatic nitrogens is 1. The van der Waals surface area contributed by atoms with Gasteiger partial charge in [-0.3, -0.25) is 10.1 Å². The summed E-state index contributed by atoms with van der Waals surface area (Å²) in [5, 5.41) is 5.15. The Labute approximate surface area is 121 Å². The number of nitrogens with one attached hydrogen (secondary N) is 1. The van der Waals surface area contributed by atoms with E-state index in [2.05, 4.69) is 32.9 Å². The third-order valence-corrected chi connectivity index (χ3v) is 3.75. The minimum Gasteiger partial charge on any atom is -0.298 e. The second-order valence-corrected chi connectivity index (χ2v) is 5.61. The van der Waals surface area contributed by atoms with Crippen molar-refractivity contribution in [1.29, 1.82) is 0 Å². The first-order chi connectivity index (χ1) is 8.19. The van der Waals surface area contributed by atoms with E-state index in [1.807, 2.05) is 23.6 Å². The van der Waals surface area contributed by atoms with Crippen LogP contribution in [0.4, 0.5) is 5.13 Å². The van der Waals surface area contributed by atoms with Crippen LogP contribution in [0.3, 0.4) is 0 Å². The number of hydrogen-bond donors (Lipinski definition) is 1. The van der Waals surface area contributed by atoms with Crippen molar-refractivity contribution >= 4 is 56.6 Å². The molecular weight excluding hydrogens is 371 g/mol. The molecule has 1 aromatic heterocycles. The van der Waals surface area contributed by atoms with Gasteiger partial charge in [0.2, 0.25) is 0 Å². The van der Waals surface area contributed by atoms with E-state index in [1.54, 1.807) is 6.07 Å². The Balaban J connectivity index is 2.11. The van der Waals surface area contributed by atoms with Crippen molar-refractivity contribution in [3.63, 3.8) is 0 Å². The van der Waals surface area contributed by atoms with E-state index in [0.29, 0.717) is 16.6 Å². The van der Waals surface area contributed by atoms with Crippen LogP contribution in [-0.2, 0) is 5.88 Å². The number of alkyl halides is 1. The number of benzene rings is 1. The van der Waals surface area contributed by atoms with Crippen molar-refractivity contribution in [1.82, 2.24) is 4.98 Å². The topological polar surface area (TPSA) is 42.0 Å². The van der Waals surface area contributed by atoms with Crippen LogP contribution < -0.4 is 5.32 Å². The molecule has 0 aliphatic heterocycles. The Morgan fingerprint density at radius 2 is 2.35 bits per heavy atom. The molecule has 2 aromatic rings. The lowest BCUT2D eigenvalue weighted by Gasteiger charge is -2.01. The van der Waals surface area contributed by atoms with Crippen molar-refractivity contribution in [2.24, 2.45) is 0 Å². The Morgan fingerprint density at radius 3 is 3.00 bits per heavy atom. The van der Waals surface area contributed by atoms with E-state index in [9.17, 15) is 4.79 Å². The molecule has 0 aliphatic rings. The number of halogens is 2. The van der Waals surface area contributed by atoms with Gasteiger partial charge in [0.15, 0.2) is 5.13 Å². The molecule has 17 heavy (non-hydrogen) atoms. The highest BCUT2D eigenvalue weighted by atomic mass is 127. The molecule has 1 amide bonds. The predicted molar refractivity (Wildman–Crippen MR) is 78.8 cm³/mol. The fourth-order valence-corrected chi connectivity index (χ4v) is 2.70. The lowest BCUT2D eigenvalue weighted by atomic mass is 10.2. The Kier molecular flexibility index (Phi) is 4.36. The molecule has 88 valence electrons. The molecule has 0 spiro atoms. The fraction of sp³-hybridized carbons (Fsp3) is 0.0909. The highest BCUT2D eigenvalue weighted by Crippen LogP contribution is 2.18. The molecular formula is C11H8ClIN2OS. The molecule has 0 saturated carbocycles. The Bertz CT molecular complexity index is 544. The van der Waals surface area contributed by atoms with E-state index in [4.69, 9.17) is 11.6 Å². The van der Waals surface area contributed by atoms with Gasteiger partial charge in [-0.05, 0) is 40.8 Å². The summed E-state index contributed by atoms with van der Waals surface area (Å²) in [4.78, 5) is 16.1. The van der Waals surface area contributed by atoms with Crippen LogP contribution in [0.15, 0.2) is 29.6 Å². The monoisotopic (exact) mass is 378 g/mol. The zero-order chi connectivity index (χ0) is 12.3. The third kappa shape index (κ3) is 3.40. The molecule has 1 N–H and O–H groups in total. The normalized spacial score (nSPS) is 10.2. The summed E-state index contributed by atoms with van der Waals surface area (Å²) < 4.78 is 1.02. The summed E-state index contributed by atoms with van der Waals surface area (Å²) in [5.41, 5.74) is 1.40. The van der Waals surface area contributed by atoms with E-state index in [1.165, 1.54) is 11.3 Å². The molecule has 6 heteroatoms. The largest absolute Gasteiger partial charge is 0.298 e. The first kappa shape index (κ1) is 12.8. The van der Waals surface area contributed by atoms with Crippen LogP contribution in [0.2, 0.25) is 0 Å². The standard InChI is InChI=1S/C11H8ClIN2OS/c12-5-9-6-17-11(14-9)15-10(16)7-2-1-3-8(13)4-7/h1-4,6H,5H2,(H,14,15,16). The summed E-state index contributed by atoms with van der Waals surface area (Å²) in [6, 6.07) is 7.38. The zero-order valence-electron chi connectivity index (χ0n) is 8.61. The van der Waals surface area contributed by atoms with E-state index in [0.717, 1.165) is 9.26 Å². The van der Waals surface area contributed by atoms with Crippen LogP contribution in [-0.4, -0.2) is 10.9 Å². The van der Waals surface area contributed by atoms with Crippen molar-refractivity contribution < 1.29 is 4.79 Å². The lowest BCUT2D eigenvalue weighted by molar-refractivity contribution is 0.102. The number of nitrogens with zero attached hydrogens (tertiary/aromatic N) is 1. The van der Waals surface area contributed by atoms with Crippen LogP contribution in [0.25, 0.3) is 0 Å². The van der Waals surface area contributed by atoms with Crippen LogP contribution in [0.5, 0.6) is 0 Å². The second-order valence-electron chi connectivity index (χ2n) is 3.24. The van der Waals surface area contributed by atoms with Crippen molar-refractivity contribution in [3.8, 4) is 0 Å². The summed E-state index contributed by atoms with van der Waals surface area (Å²) in [6.45, 7) is 0. The van der Waals surface area contributed by atoms with Gasteiger partial charge in [-0.25, -0.2) is 4.98 Å². The number of anilines is 1. The average Bonchev–Trinajstić information content (AvgIpc) is 2.77. The summed E-state index contributed by atoms with van der Waals surface area (Å²) >= 11 is 9.19. The number of hydrogen-bond acceptors (Lipinski definition) is 3. The Hall–Kier alpha value is -0.660. The maximum absolute atomic E-state index is 11.9. The van der Waals surface area contributed by atoms with Gasteiger partial charge >= 0.3 is 0 Å². The van der Waals surface area contributed by atoms with E-state index >= 15 is 0 Å². The van der Waals surface area contributed by atoms with E-state index in [-0.39, 0.29) is 5.91 Å². The summed E-state index contributed by atoms with van der Waals surface area (Å²) in [6.07, 6.45) is 0. The number of rotatable bonds is 3. The van der Waals surface area contributed by atoms with Gasteiger partial charge in [0.1, 0.15) is 0 Å². The van der Waals surface area contributed by atoms with Gasteiger partial charge in [0.25, 0.3) is 5.91 Å². The minimum atomic E-state index is -0.154. The molecule has 2 rings (SSSR count). The Morgan fingerprint density at radius 1 is 1.53 bits per heavy atom. The summed E-state index contributed by atoms with van der Waals surface area (Å²) in [5.74, 6) is 0.203.